The Morgan fingerprint density at radius 3 is 2.95 bits per heavy atom. The molecule has 118 valence electrons. The highest BCUT2D eigenvalue weighted by atomic mass is 79.9. The van der Waals surface area contributed by atoms with Crippen LogP contribution in [0.15, 0.2) is 10.7 Å². The molecule has 2 aliphatic carbocycles. The van der Waals surface area contributed by atoms with Crippen molar-refractivity contribution in [3.05, 3.63) is 16.4 Å². The van der Waals surface area contributed by atoms with Gasteiger partial charge in [0.15, 0.2) is 0 Å². The maximum atomic E-state index is 5.20. The molecule has 2 fully saturated rings. The van der Waals surface area contributed by atoms with E-state index in [-0.39, 0.29) is 0 Å². The standard InChI is InChI=1S/C16H26BrN3O/c1-18-15(9-13-8-11-3-4-12(13)7-11)16-14(17)10-19-20(16)5-6-21-2/h10-13,15,18H,3-9H2,1-2H3. The van der Waals surface area contributed by atoms with E-state index in [0.29, 0.717) is 12.6 Å². The molecule has 0 radical (unpaired) electrons. The number of nitrogens with zero attached hydrogens (tertiary/aromatic N) is 2. The molecule has 2 aliphatic rings. The van der Waals surface area contributed by atoms with Crippen LogP contribution in [0.3, 0.4) is 0 Å². The van der Waals surface area contributed by atoms with Crippen molar-refractivity contribution in [1.29, 1.82) is 0 Å². The Hall–Kier alpha value is -0.390. The first-order chi connectivity index (χ1) is 10.2. The summed E-state index contributed by atoms with van der Waals surface area (Å²) in [7, 11) is 3.81. The Bertz CT molecular complexity index is 476. The Kier molecular flexibility index (Phi) is 5.02. The molecule has 1 N–H and O–H groups in total. The summed E-state index contributed by atoms with van der Waals surface area (Å²) >= 11 is 3.68. The van der Waals surface area contributed by atoms with Crippen molar-refractivity contribution in [2.75, 3.05) is 20.8 Å². The summed E-state index contributed by atoms with van der Waals surface area (Å²) in [6.07, 6.45) is 8.99. The van der Waals surface area contributed by atoms with Gasteiger partial charge in [-0.15, -0.1) is 0 Å². The molecule has 21 heavy (non-hydrogen) atoms. The topological polar surface area (TPSA) is 39.1 Å². The molecule has 4 unspecified atom stereocenters. The molecule has 1 aromatic heterocycles. The van der Waals surface area contributed by atoms with Crippen LogP contribution in [0.4, 0.5) is 0 Å². The second-order valence-corrected chi connectivity index (χ2v) is 7.46. The van der Waals surface area contributed by atoms with Gasteiger partial charge in [0, 0.05) is 7.11 Å². The van der Waals surface area contributed by atoms with Crippen LogP contribution < -0.4 is 5.32 Å². The Morgan fingerprint density at radius 1 is 1.48 bits per heavy atom. The van der Waals surface area contributed by atoms with Gasteiger partial charge in [-0.1, -0.05) is 6.42 Å². The SMILES string of the molecule is CNC(CC1CC2CCC1C2)c1c(Br)cnn1CCOC. The number of hydrogen-bond donors (Lipinski definition) is 1. The van der Waals surface area contributed by atoms with Crippen molar-refractivity contribution in [3.8, 4) is 0 Å². The molecule has 0 aromatic carbocycles. The number of rotatable bonds is 7. The second kappa shape index (κ2) is 6.80. The lowest BCUT2D eigenvalue weighted by atomic mass is 9.83. The number of aromatic nitrogens is 2. The van der Waals surface area contributed by atoms with Gasteiger partial charge >= 0.3 is 0 Å². The van der Waals surface area contributed by atoms with Gasteiger partial charge in [0.25, 0.3) is 0 Å². The van der Waals surface area contributed by atoms with Gasteiger partial charge in [0.05, 0.1) is 35.6 Å². The zero-order chi connectivity index (χ0) is 14.8. The smallest absolute Gasteiger partial charge is 0.0696 e. The van der Waals surface area contributed by atoms with E-state index in [1.165, 1.54) is 37.8 Å². The van der Waals surface area contributed by atoms with Crippen molar-refractivity contribution in [2.24, 2.45) is 17.8 Å². The van der Waals surface area contributed by atoms with Crippen LogP contribution >= 0.6 is 15.9 Å². The minimum absolute atomic E-state index is 0.378. The lowest BCUT2D eigenvalue weighted by molar-refractivity contribution is 0.180. The summed E-state index contributed by atoms with van der Waals surface area (Å²) in [6, 6.07) is 0.378. The minimum Gasteiger partial charge on any atom is -0.383 e. The van der Waals surface area contributed by atoms with E-state index in [4.69, 9.17) is 4.74 Å². The molecule has 0 spiro atoms. The molecule has 4 nitrogen and oxygen atoms in total. The highest BCUT2D eigenvalue weighted by Crippen LogP contribution is 2.51. The van der Waals surface area contributed by atoms with E-state index in [2.05, 4.69) is 38.1 Å². The van der Waals surface area contributed by atoms with Crippen LogP contribution in [0.1, 0.15) is 43.8 Å². The number of nitrogens with one attached hydrogen (secondary N) is 1. The van der Waals surface area contributed by atoms with Gasteiger partial charge in [-0.25, -0.2) is 0 Å². The fraction of sp³-hybridized carbons (Fsp3) is 0.812. The number of halogens is 1. The van der Waals surface area contributed by atoms with Crippen molar-refractivity contribution in [1.82, 2.24) is 15.1 Å². The average molecular weight is 356 g/mol. The Balaban J connectivity index is 1.72. The third-order valence-electron chi connectivity index (χ3n) is 5.44. The first kappa shape index (κ1) is 15.5. The molecule has 2 bridgehead atoms. The summed E-state index contributed by atoms with van der Waals surface area (Å²) in [5.74, 6) is 2.87. The van der Waals surface area contributed by atoms with Crippen LogP contribution in [-0.2, 0) is 11.3 Å². The monoisotopic (exact) mass is 355 g/mol. The molecule has 1 heterocycles. The predicted octanol–water partition coefficient (Wildman–Crippen LogP) is 3.38. The summed E-state index contributed by atoms with van der Waals surface area (Å²) in [4.78, 5) is 0. The largest absolute Gasteiger partial charge is 0.383 e. The first-order valence-corrected chi connectivity index (χ1v) is 8.89. The molecular formula is C16H26BrN3O. The maximum Gasteiger partial charge on any atom is 0.0696 e. The van der Waals surface area contributed by atoms with E-state index in [0.717, 1.165) is 28.8 Å². The van der Waals surface area contributed by atoms with Crippen LogP contribution in [0.5, 0.6) is 0 Å². The zero-order valence-corrected chi connectivity index (χ0v) is 14.6. The molecular weight excluding hydrogens is 330 g/mol. The van der Waals surface area contributed by atoms with E-state index in [9.17, 15) is 0 Å². The molecule has 0 saturated heterocycles. The summed E-state index contributed by atoms with van der Waals surface area (Å²) in [5.41, 5.74) is 1.28. The molecule has 5 heteroatoms. The highest BCUT2D eigenvalue weighted by molar-refractivity contribution is 9.10. The average Bonchev–Trinajstić information content (AvgIpc) is 3.18. The fourth-order valence-electron chi connectivity index (χ4n) is 4.41. The maximum absolute atomic E-state index is 5.20. The van der Waals surface area contributed by atoms with Gasteiger partial charge in [0.1, 0.15) is 0 Å². The second-order valence-electron chi connectivity index (χ2n) is 6.61. The Labute approximate surface area is 135 Å². The quantitative estimate of drug-likeness (QED) is 0.814. The molecule has 1 aromatic rings. The van der Waals surface area contributed by atoms with Crippen LogP contribution in [-0.4, -0.2) is 30.5 Å². The van der Waals surface area contributed by atoms with Crippen molar-refractivity contribution >= 4 is 15.9 Å². The minimum atomic E-state index is 0.378. The van der Waals surface area contributed by atoms with E-state index < -0.39 is 0 Å². The lowest BCUT2D eigenvalue weighted by Gasteiger charge is -2.27. The van der Waals surface area contributed by atoms with Crippen LogP contribution in [0, 0.1) is 17.8 Å². The third kappa shape index (κ3) is 3.20. The molecule has 2 saturated carbocycles. The van der Waals surface area contributed by atoms with Crippen molar-refractivity contribution in [3.63, 3.8) is 0 Å². The van der Waals surface area contributed by atoms with Gasteiger partial charge in [-0.05, 0) is 66.4 Å². The fourth-order valence-corrected chi connectivity index (χ4v) is 4.98. The van der Waals surface area contributed by atoms with Gasteiger partial charge in [-0.2, -0.15) is 5.10 Å². The first-order valence-electron chi connectivity index (χ1n) is 8.10. The van der Waals surface area contributed by atoms with Crippen molar-refractivity contribution in [2.45, 2.75) is 44.7 Å². The lowest BCUT2D eigenvalue weighted by Crippen LogP contribution is -2.26. The van der Waals surface area contributed by atoms with E-state index >= 15 is 0 Å². The summed E-state index contributed by atoms with van der Waals surface area (Å²) in [6.45, 7) is 1.51. The van der Waals surface area contributed by atoms with Gasteiger partial charge in [-0.3, -0.25) is 4.68 Å². The molecule has 0 aliphatic heterocycles. The summed E-state index contributed by atoms with van der Waals surface area (Å²) < 4.78 is 8.40. The summed E-state index contributed by atoms with van der Waals surface area (Å²) in [5, 5.41) is 8.01. The van der Waals surface area contributed by atoms with E-state index in [1.54, 1.807) is 7.11 Å². The molecule has 3 rings (SSSR count). The van der Waals surface area contributed by atoms with Gasteiger partial charge in [0.2, 0.25) is 0 Å². The normalized spacial score (nSPS) is 29.2. The molecule has 0 amide bonds. The predicted molar refractivity (Wildman–Crippen MR) is 87.2 cm³/mol. The number of methoxy groups -OCH3 is 1. The van der Waals surface area contributed by atoms with Gasteiger partial charge < -0.3 is 10.1 Å². The van der Waals surface area contributed by atoms with Crippen LogP contribution in [0.25, 0.3) is 0 Å². The number of fused-ring (bicyclic) bond motifs is 2. The molecule has 4 atom stereocenters. The number of ether oxygens (including phenoxy) is 1. The number of hydrogen-bond acceptors (Lipinski definition) is 3. The van der Waals surface area contributed by atoms with Crippen molar-refractivity contribution < 1.29 is 4.74 Å². The van der Waals surface area contributed by atoms with E-state index in [1.807, 2.05) is 6.20 Å². The zero-order valence-electron chi connectivity index (χ0n) is 13.0. The third-order valence-corrected chi connectivity index (χ3v) is 6.05. The highest BCUT2D eigenvalue weighted by Gasteiger charge is 2.40. The van der Waals surface area contributed by atoms with Crippen LogP contribution in [0.2, 0.25) is 0 Å². The Morgan fingerprint density at radius 2 is 2.33 bits per heavy atom.